The third kappa shape index (κ3) is 8.69. The molecule has 0 bridgehead atoms. The fourth-order valence-electron chi connectivity index (χ4n) is 2.95. The van der Waals surface area contributed by atoms with E-state index in [1.165, 1.54) is 0 Å². The van der Waals surface area contributed by atoms with Gasteiger partial charge in [0, 0.05) is 24.8 Å². The summed E-state index contributed by atoms with van der Waals surface area (Å²) in [6.45, 7) is 0.229. The lowest BCUT2D eigenvalue weighted by atomic mass is 10.1. The lowest BCUT2D eigenvalue weighted by molar-refractivity contribution is -0.139. The number of benzene rings is 2. The molecule has 0 saturated carbocycles. The van der Waals surface area contributed by atoms with Crippen LogP contribution in [0.5, 0.6) is 0 Å². The fourth-order valence-corrected chi connectivity index (χ4v) is 3.20. The second-order valence-electron chi connectivity index (χ2n) is 7.13. The third-order valence-corrected chi connectivity index (χ3v) is 4.93. The first-order valence-electron chi connectivity index (χ1n) is 9.91. The minimum atomic E-state index is -1.17. The zero-order valence-corrected chi connectivity index (χ0v) is 17.9. The van der Waals surface area contributed by atoms with Crippen molar-refractivity contribution in [3.05, 3.63) is 71.8 Å². The van der Waals surface area contributed by atoms with Crippen molar-refractivity contribution in [2.24, 2.45) is 5.73 Å². The van der Waals surface area contributed by atoms with E-state index in [1.54, 1.807) is 24.3 Å². The van der Waals surface area contributed by atoms with E-state index in [0.717, 1.165) is 11.1 Å². The van der Waals surface area contributed by atoms with Gasteiger partial charge >= 0.3 is 12.0 Å². The largest absolute Gasteiger partial charge is 0.480 e. The van der Waals surface area contributed by atoms with Gasteiger partial charge in [0.15, 0.2) is 0 Å². The van der Waals surface area contributed by atoms with Crippen LogP contribution >= 0.6 is 12.6 Å². The van der Waals surface area contributed by atoms with E-state index in [2.05, 4.69) is 28.6 Å². The molecular weight excluding hydrogens is 416 g/mol. The first kappa shape index (κ1) is 24.2. The Hall–Kier alpha value is -3.04. The molecule has 0 saturated heterocycles. The molecule has 8 nitrogen and oxygen atoms in total. The topological polar surface area (TPSA) is 134 Å². The Labute approximate surface area is 187 Å². The van der Waals surface area contributed by atoms with Crippen molar-refractivity contribution in [2.75, 3.05) is 12.3 Å². The number of hydrogen-bond donors (Lipinski definition) is 6. The summed E-state index contributed by atoms with van der Waals surface area (Å²) in [7, 11) is 0. The van der Waals surface area contributed by atoms with Gasteiger partial charge in [-0.05, 0) is 17.5 Å². The number of carbonyl (C=O) groups is 3. The normalized spacial score (nSPS) is 13.5. The summed E-state index contributed by atoms with van der Waals surface area (Å²) in [4.78, 5) is 36.2. The van der Waals surface area contributed by atoms with E-state index in [9.17, 15) is 19.5 Å². The molecule has 166 valence electrons. The Balaban J connectivity index is 1.83. The molecule has 0 aliphatic heterocycles. The fraction of sp³-hybridized carbons (Fsp3) is 0.318. The molecule has 0 aliphatic rings. The smallest absolute Gasteiger partial charge is 0.326 e. The van der Waals surface area contributed by atoms with E-state index in [0.29, 0.717) is 6.42 Å². The highest BCUT2D eigenvalue weighted by Crippen LogP contribution is 2.04. The van der Waals surface area contributed by atoms with Crippen molar-refractivity contribution in [2.45, 2.75) is 31.0 Å². The van der Waals surface area contributed by atoms with Crippen LogP contribution in [0.3, 0.4) is 0 Å². The molecule has 6 N–H and O–H groups in total. The lowest BCUT2D eigenvalue weighted by Gasteiger charge is -2.20. The quantitative estimate of drug-likeness (QED) is 0.287. The molecule has 0 spiro atoms. The van der Waals surface area contributed by atoms with Crippen LogP contribution in [0.25, 0.3) is 0 Å². The molecule has 0 aliphatic carbocycles. The highest BCUT2D eigenvalue weighted by Gasteiger charge is 2.24. The molecule has 0 aromatic heterocycles. The number of carbonyl (C=O) groups excluding carboxylic acids is 2. The van der Waals surface area contributed by atoms with Crippen LogP contribution in [0.4, 0.5) is 4.79 Å². The zero-order valence-electron chi connectivity index (χ0n) is 17.0. The number of hydrogen-bond acceptors (Lipinski definition) is 5. The molecule has 3 amide bonds. The SMILES string of the molecule is N[C@@H](CNC(=O)[C@H](CS)NC(=O)N[C@@H](Cc1ccccc1)C(=O)O)Cc1ccccc1. The van der Waals surface area contributed by atoms with Crippen LogP contribution in [0.1, 0.15) is 11.1 Å². The van der Waals surface area contributed by atoms with Crippen LogP contribution in [-0.4, -0.2) is 53.4 Å². The van der Waals surface area contributed by atoms with E-state index in [4.69, 9.17) is 5.73 Å². The van der Waals surface area contributed by atoms with Gasteiger partial charge in [0.05, 0.1) is 0 Å². The maximum Gasteiger partial charge on any atom is 0.326 e. The van der Waals surface area contributed by atoms with Gasteiger partial charge in [-0.15, -0.1) is 0 Å². The highest BCUT2D eigenvalue weighted by atomic mass is 32.1. The number of carboxylic acid groups (broad SMARTS) is 1. The molecule has 3 atom stereocenters. The van der Waals surface area contributed by atoms with Gasteiger partial charge in [-0.1, -0.05) is 60.7 Å². The average molecular weight is 445 g/mol. The van der Waals surface area contributed by atoms with Crippen molar-refractivity contribution in [3.63, 3.8) is 0 Å². The van der Waals surface area contributed by atoms with Crippen molar-refractivity contribution < 1.29 is 19.5 Å². The van der Waals surface area contributed by atoms with Crippen molar-refractivity contribution in [1.29, 1.82) is 0 Å². The number of nitrogens with two attached hydrogens (primary N) is 1. The Morgan fingerprint density at radius 2 is 1.39 bits per heavy atom. The number of urea groups is 1. The second-order valence-corrected chi connectivity index (χ2v) is 7.49. The van der Waals surface area contributed by atoms with E-state index >= 15 is 0 Å². The number of thiol groups is 1. The first-order chi connectivity index (χ1) is 14.9. The number of rotatable bonds is 11. The number of aliphatic carboxylic acids is 1. The van der Waals surface area contributed by atoms with Crippen LogP contribution < -0.4 is 21.7 Å². The van der Waals surface area contributed by atoms with E-state index < -0.39 is 30.0 Å². The molecule has 2 aromatic rings. The Kier molecular flexibility index (Phi) is 9.86. The molecule has 0 fully saturated rings. The maximum atomic E-state index is 12.4. The number of carboxylic acids is 1. The summed E-state index contributed by atoms with van der Waals surface area (Å²) < 4.78 is 0. The monoisotopic (exact) mass is 444 g/mol. The molecule has 0 heterocycles. The Morgan fingerprint density at radius 3 is 1.90 bits per heavy atom. The molecular formula is C22H28N4O4S. The maximum absolute atomic E-state index is 12.4. The summed E-state index contributed by atoms with van der Waals surface area (Å²) in [5.74, 6) is -1.56. The minimum Gasteiger partial charge on any atom is -0.480 e. The summed E-state index contributed by atoms with van der Waals surface area (Å²) >= 11 is 4.11. The van der Waals surface area contributed by atoms with Crippen LogP contribution in [0, 0.1) is 0 Å². The van der Waals surface area contributed by atoms with E-state index in [1.807, 2.05) is 36.4 Å². The molecule has 0 radical (unpaired) electrons. The summed E-state index contributed by atoms with van der Waals surface area (Å²) in [5, 5.41) is 17.0. The average Bonchev–Trinajstić information content (AvgIpc) is 2.76. The van der Waals surface area contributed by atoms with Crippen LogP contribution in [0.15, 0.2) is 60.7 Å². The van der Waals surface area contributed by atoms with Crippen LogP contribution in [-0.2, 0) is 22.4 Å². The van der Waals surface area contributed by atoms with Gasteiger partial charge in [0.2, 0.25) is 5.91 Å². The minimum absolute atomic E-state index is 0.0452. The molecule has 0 unspecified atom stereocenters. The molecule has 31 heavy (non-hydrogen) atoms. The highest BCUT2D eigenvalue weighted by molar-refractivity contribution is 7.80. The zero-order chi connectivity index (χ0) is 22.6. The van der Waals surface area contributed by atoms with Gasteiger partial charge in [-0.3, -0.25) is 4.79 Å². The standard InChI is InChI=1S/C22H28N4O4S/c23-17(11-15-7-3-1-4-8-15)13-24-20(27)19(14-31)26-22(30)25-18(21(28)29)12-16-9-5-2-6-10-16/h1-10,17-19,31H,11-14,23H2,(H,24,27)(H,28,29)(H2,25,26,30)/t17-,18+,19+/m1/s1. The molecule has 9 heteroatoms. The molecule has 2 aromatic carbocycles. The summed E-state index contributed by atoms with van der Waals surface area (Å²) in [5.41, 5.74) is 7.90. The lowest BCUT2D eigenvalue weighted by Crippen LogP contribution is -2.55. The van der Waals surface area contributed by atoms with Gasteiger partial charge in [-0.25, -0.2) is 9.59 Å². The predicted octanol–water partition coefficient (Wildman–Crippen LogP) is 0.966. The van der Waals surface area contributed by atoms with Crippen LogP contribution in [0.2, 0.25) is 0 Å². The number of amides is 3. The summed E-state index contributed by atoms with van der Waals surface area (Å²) in [6.07, 6.45) is 0.718. The van der Waals surface area contributed by atoms with Crippen molar-refractivity contribution >= 4 is 30.5 Å². The van der Waals surface area contributed by atoms with Crippen molar-refractivity contribution in [1.82, 2.24) is 16.0 Å². The summed E-state index contributed by atoms with van der Waals surface area (Å²) in [6, 6.07) is 15.5. The van der Waals surface area contributed by atoms with Gasteiger partial charge in [0.1, 0.15) is 12.1 Å². The predicted molar refractivity (Wildman–Crippen MR) is 122 cm³/mol. The van der Waals surface area contributed by atoms with Gasteiger partial charge in [-0.2, -0.15) is 12.6 Å². The second kappa shape index (κ2) is 12.6. The van der Waals surface area contributed by atoms with Gasteiger partial charge < -0.3 is 26.8 Å². The Morgan fingerprint density at radius 1 is 0.871 bits per heavy atom. The molecule has 2 rings (SSSR count). The Bertz CT molecular complexity index is 851. The third-order valence-electron chi connectivity index (χ3n) is 4.57. The first-order valence-corrected chi connectivity index (χ1v) is 10.5. The van der Waals surface area contributed by atoms with E-state index in [-0.39, 0.29) is 24.8 Å². The van der Waals surface area contributed by atoms with Crippen molar-refractivity contribution in [3.8, 4) is 0 Å². The van der Waals surface area contributed by atoms with Gasteiger partial charge in [0.25, 0.3) is 0 Å². The number of nitrogens with one attached hydrogen (secondary N) is 3.